The van der Waals surface area contributed by atoms with Gasteiger partial charge in [-0.15, -0.1) is 0 Å². The Morgan fingerprint density at radius 1 is 1.39 bits per heavy atom. The molecule has 0 aromatic carbocycles. The zero-order valence-corrected chi connectivity index (χ0v) is 11.4. The van der Waals surface area contributed by atoms with Crippen molar-refractivity contribution in [2.45, 2.75) is 39.5 Å². The molecule has 1 saturated heterocycles. The third-order valence-electron chi connectivity index (χ3n) is 3.37. The number of nitrogens with one attached hydrogen (secondary N) is 2. The van der Waals surface area contributed by atoms with E-state index in [4.69, 9.17) is 4.74 Å². The Morgan fingerprint density at radius 2 is 2.17 bits per heavy atom. The average Bonchev–Trinajstić information content (AvgIpc) is 2.79. The lowest BCUT2D eigenvalue weighted by molar-refractivity contribution is -0.143. The van der Waals surface area contributed by atoms with Crippen LogP contribution in [-0.4, -0.2) is 38.1 Å². The van der Waals surface area contributed by atoms with Crippen LogP contribution in [0.15, 0.2) is 0 Å². The summed E-state index contributed by atoms with van der Waals surface area (Å²) in [7, 11) is 0. The van der Waals surface area contributed by atoms with Gasteiger partial charge >= 0.3 is 5.97 Å². The van der Waals surface area contributed by atoms with E-state index in [0.717, 1.165) is 32.4 Å². The van der Waals surface area contributed by atoms with Crippen molar-refractivity contribution < 1.29 is 14.3 Å². The minimum Gasteiger partial charge on any atom is -0.466 e. The summed E-state index contributed by atoms with van der Waals surface area (Å²) in [5.74, 6) is -0.189. The molecule has 0 spiro atoms. The van der Waals surface area contributed by atoms with Gasteiger partial charge in [0.25, 0.3) is 0 Å². The van der Waals surface area contributed by atoms with Gasteiger partial charge in [0.05, 0.1) is 18.4 Å². The van der Waals surface area contributed by atoms with Gasteiger partial charge in [-0.25, -0.2) is 0 Å². The van der Waals surface area contributed by atoms with E-state index >= 15 is 0 Å². The highest BCUT2D eigenvalue weighted by molar-refractivity contribution is 5.83. The first-order valence-corrected chi connectivity index (χ1v) is 6.79. The predicted molar refractivity (Wildman–Crippen MR) is 69.1 cm³/mol. The molecule has 1 unspecified atom stereocenters. The Labute approximate surface area is 109 Å². The van der Waals surface area contributed by atoms with Crippen molar-refractivity contribution in [3.8, 4) is 0 Å². The van der Waals surface area contributed by atoms with Gasteiger partial charge < -0.3 is 15.4 Å². The van der Waals surface area contributed by atoms with Crippen LogP contribution in [0.1, 0.15) is 39.5 Å². The second kappa shape index (κ2) is 7.36. The fourth-order valence-corrected chi connectivity index (χ4v) is 2.44. The molecule has 1 amide bonds. The smallest absolute Gasteiger partial charge is 0.307 e. The number of carbonyl (C=O) groups is 2. The van der Waals surface area contributed by atoms with Crippen LogP contribution in [0.3, 0.4) is 0 Å². The SMILES string of the molecule is CCCC1(C(=O)NCCC(=O)OCC)CCNC1. The summed E-state index contributed by atoms with van der Waals surface area (Å²) in [5.41, 5.74) is -0.274. The molecule has 104 valence electrons. The summed E-state index contributed by atoms with van der Waals surface area (Å²) in [5, 5.41) is 6.11. The van der Waals surface area contributed by atoms with Crippen LogP contribution in [0, 0.1) is 5.41 Å². The molecule has 0 bridgehead atoms. The summed E-state index contributed by atoms with van der Waals surface area (Å²) in [6.07, 6.45) is 3.01. The first-order chi connectivity index (χ1) is 8.64. The third kappa shape index (κ3) is 3.98. The third-order valence-corrected chi connectivity index (χ3v) is 3.37. The van der Waals surface area contributed by atoms with E-state index < -0.39 is 0 Å². The molecule has 1 aliphatic rings. The Morgan fingerprint density at radius 3 is 2.72 bits per heavy atom. The van der Waals surface area contributed by atoms with E-state index in [1.165, 1.54) is 0 Å². The van der Waals surface area contributed by atoms with Crippen molar-refractivity contribution in [3.63, 3.8) is 0 Å². The normalized spacial score (nSPS) is 22.8. The second-order valence-corrected chi connectivity index (χ2v) is 4.77. The largest absolute Gasteiger partial charge is 0.466 e. The predicted octanol–water partition coefficient (Wildman–Crippen LogP) is 0.836. The molecule has 5 nitrogen and oxygen atoms in total. The lowest BCUT2D eigenvalue weighted by Gasteiger charge is -2.26. The Kier molecular flexibility index (Phi) is 6.12. The fourth-order valence-electron chi connectivity index (χ4n) is 2.44. The van der Waals surface area contributed by atoms with Crippen molar-refractivity contribution in [1.82, 2.24) is 10.6 Å². The zero-order valence-electron chi connectivity index (χ0n) is 11.4. The molecule has 1 aliphatic heterocycles. The second-order valence-electron chi connectivity index (χ2n) is 4.77. The van der Waals surface area contributed by atoms with Crippen molar-refractivity contribution in [3.05, 3.63) is 0 Å². The van der Waals surface area contributed by atoms with E-state index in [0.29, 0.717) is 13.2 Å². The van der Waals surface area contributed by atoms with E-state index in [1.54, 1.807) is 6.92 Å². The van der Waals surface area contributed by atoms with Gasteiger partial charge in [-0.1, -0.05) is 13.3 Å². The Bertz CT molecular complexity index is 286. The van der Waals surface area contributed by atoms with Crippen LogP contribution in [-0.2, 0) is 14.3 Å². The monoisotopic (exact) mass is 256 g/mol. The van der Waals surface area contributed by atoms with Crippen LogP contribution in [0.2, 0.25) is 0 Å². The lowest BCUT2D eigenvalue weighted by Crippen LogP contribution is -2.43. The summed E-state index contributed by atoms with van der Waals surface area (Å²) in [6, 6.07) is 0. The van der Waals surface area contributed by atoms with Gasteiger partial charge in [0.1, 0.15) is 0 Å². The van der Waals surface area contributed by atoms with E-state index in [2.05, 4.69) is 17.6 Å². The highest BCUT2D eigenvalue weighted by atomic mass is 16.5. The molecule has 0 aliphatic carbocycles. The lowest BCUT2D eigenvalue weighted by atomic mass is 9.81. The molecule has 1 rings (SSSR count). The first kappa shape index (κ1) is 15.0. The topological polar surface area (TPSA) is 67.4 Å². The van der Waals surface area contributed by atoms with Crippen LogP contribution in [0.4, 0.5) is 0 Å². The van der Waals surface area contributed by atoms with Gasteiger partial charge in [-0.05, 0) is 26.3 Å². The molecule has 1 atom stereocenters. The number of amides is 1. The van der Waals surface area contributed by atoms with E-state index in [-0.39, 0.29) is 23.7 Å². The maximum Gasteiger partial charge on any atom is 0.307 e. The van der Waals surface area contributed by atoms with Gasteiger partial charge in [0, 0.05) is 13.1 Å². The number of ether oxygens (including phenoxy) is 1. The molecule has 1 heterocycles. The molecule has 0 aromatic rings. The van der Waals surface area contributed by atoms with E-state index in [9.17, 15) is 9.59 Å². The minimum atomic E-state index is -0.274. The number of carbonyl (C=O) groups excluding carboxylic acids is 2. The number of esters is 1. The van der Waals surface area contributed by atoms with Crippen LogP contribution in [0.5, 0.6) is 0 Å². The molecule has 0 aromatic heterocycles. The zero-order chi connectivity index (χ0) is 13.4. The minimum absolute atomic E-state index is 0.0682. The molecule has 1 fully saturated rings. The fraction of sp³-hybridized carbons (Fsp3) is 0.846. The Balaban J connectivity index is 2.36. The van der Waals surface area contributed by atoms with Gasteiger partial charge in [0.15, 0.2) is 0 Å². The maximum absolute atomic E-state index is 12.2. The first-order valence-electron chi connectivity index (χ1n) is 6.79. The summed E-state index contributed by atoms with van der Waals surface area (Å²) < 4.78 is 4.82. The summed E-state index contributed by atoms with van der Waals surface area (Å²) in [6.45, 7) is 6.25. The average molecular weight is 256 g/mol. The molecule has 5 heteroatoms. The summed E-state index contributed by atoms with van der Waals surface area (Å²) >= 11 is 0. The number of rotatable bonds is 7. The maximum atomic E-state index is 12.2. The van der Waals surface area contributed by atoms with Gasteiger partial charge in [-0.2, -0.15) is 0 Å². The molecular formula is C13H24N2O3. The highest BCUT2D eigenvalue weighted by Gasteiger charge is 2.39. The number of hydrogen-bond acceptors (Lipinski definition) is 4. The Hall–Kier alpha value is -1.10. The van der Waals surface area contributed by atoms with Crippen LogP contribution >= 0.6 is 0 Å². The standard InChI is InChI=1S/C13H24N2O3/c1-3-6-13(7-9-14-10-13)12(17)15-8-5-11(16)18-4-2/h14H,3-10H2,1-2H3,(H,15,17). The van der Waals surface area contributed by atoms with Crippen molar-refractivity contribution in [2.24, 2.45) is 5.41 Å². The van der Waals surface area contributed by atoms with E-state index in [1.807, 2.05) is 0 Å². The molecule has 0 saturated carbocycles. The van der Waals surface area contributed by atoms with Gasteiger partial charge in [-0.3, -0.25) is 9.59 Å². The summed E-state index contributed by atoms with van der Waals surface area (Å²) in [4.78, 5) is 23.4. The number of hydrogen-bond donors (Lipinski definition) is 2. The van der Waals surface area contributed by atoms with Gasteiger partial charge in [0.2, 0.25) is 5.91 Å². The quantitative estimate of drug-likeness (QED) is 0.662. The molecule has 0 radical (unpaired) electrons. The molecular weight excluding hydrogens is 232 g/mol. The molecule has 18 heavy (non-hydrogen) atoms. The molecule has 2 N–H and O–H groups in total. The highest BCUT2D eigenvalue weighted by Crippen LogP contribution is 2.31. The van der Waals surface area contributed by atoms with Crippen LogP contribution < -0.4 is 10.6 Å². The van der Waals surface area contributed by atoms with Crippen LogP contribution in [0.25, 0.3) is 0 Å². The van der Waals surface area contributed by atoms with Crippen molar-refractivity contribution >= 4 is 11.9 Å². The van der Waals surface area contributed by atoms with Crippen molar-refractivity contribution in [1.29, 1.82) is 0 Å². The van der Waals surface area contributed by atoms with Crippen molar-refractivity contribution in [2.75, 3.05) is 26.2 Å².